The number of guanidine groups is 1. The van der Waals surface area contributed by atoms with E-state index in [1.807, 2.05) is 31.2 Å². The molecule has 0 spiro atoms. The van der Waals surface area contributed by atoms with E-state index in [9.17, 15) is 0 Å². The fourth-order valence-electron chi connectivity index (χ4n) is 1.69. The molecule has 0 amide bonds. The molecule has 0 aliphatic heterocycles. The minimum Gasteiger partial charge on any atom is -0.357 e. The summed E-state index contributed by atoms with van der Waals surface area (Å²) in [7, 11) is 0. The topological polar surface area (TPSA) is 47.9 Å². The van der Waals surface area contributed by atoms with Gasteiger partial charge in [0.25, 0.3) is 0 Å². The highest BCUT2D eigenvalue weighted by Crippen LogP contribution is 2.22. The standard InChI is InChI=1S/C13H15N3/c1-2-15-13(14)16-12-9-5-7-10-6-3-4-8-11(10)12/h3-9H,2H2,1H3,(H3,14,15,16). The van der Waals surface area contributed by atoms with Crippen LogP contribution < -0.4 is 10.6 Å². The van der Waals surface area contributed by atoms with Gasteiger partial charge in [0.05, 0.1) is 0 Å². The van der Waals surface area contributed by atoms with Gasteiger partial charge in [0, 0.05) is 17.6 Å². The molecule has 0 aliphatic carbocycles. The van der Waals surface area contributed by atoms with Crippen LogP contribution in [0.3, 0.4) is 0 Å². The summed E-state index contributed by atoms with van der Waals surface area (Å²) >= 11 is 0. The Morgan fingerprint density at radius 3 is 2.69 bits per heavy atom. The molecule has 0 heterocycles. The molecule has 3 heteroatoms. The lowest BCUT2D eigenvalue weighted by Gasteiger charge is -2.11. The van der Waals surface area contributed by atoms with Crippen molar-refractivity contribution in [1.29, 1.82) is 5.41 Å². The van der Waals surface area contributed by atoms with Crippen molar-refractivity contribution >= 4 is 22.4 Å². The van der Waals surface area contributed by atoms with Crippen LogP contribution in [0.4, 0.5) is 5.69 Å². The Hall–Kier alpha value is -2.03. The van der Waals surface area contributed by atoms with Gasteiger partial charge in [-0.2, -0.15) is 0 Å². The molecule has 3 N–H and O–H groups in total. The molecular formula is C13H15N3. The summed E-state index contributed by atoms with van der Waals surface area (Å²) < 4.78 is 0. The summed E-state index contributed by atoms with van der Waals surface area (Å²) in [6, 6.07) is 14.2. The summed E-state index contributed by atoms with van der Waals surface area (Å²) in [6.45, 7) is 2.72. The number of nitrogens with one attached hydrogen (secondary N) is 3. The molecule has 0 aromatic heterocycles. The third kappa shape index (κ3) is 2.14. The Balaban J connectivity index is 2.33. The van der Waals surface area contributed by atoms with Crippen molar-refractivity contribution in [2.24, 2.45) is 0 Å². The van der Waals surface area contributed by atoms with Crippen molar-refractivity contribution in [1.82, 2.24) is 5.32 Å². The SMILES string of the molecule is CCNC(=N)Nc1cccc2ccccc12. The Morgan fingerprint density at radius 2 is 1.88 bits per heavy atom. The molecule has 2 aromatic carbocycles. The molecule has 0 bridgehead atoms. The van der Waals surface area contributed by atoms with Crippen LogP contribution in [0.5, 0.6) is 0 Å². The first-order valence-electron chi connectivity index (χ1n) is 5.38. The molecule has 0 aliphatic rings. The second kappa shape index (κ2) is 4.66. The van der Waals surface area contributed by atoms with Crippen LogP contribution in [-0.4, -0.2) is 12.5 Å². The molecule has 16 heavy (non-hydrogen) atoms. The normalized spacial score (nSPS) is 10.1. The monoisotopic (exact) mass is 213 g/mol. The van der Waals surface area contributed by atoms with Crippen LogP contribution in [0.25, 0.3) is 10.8 Å². The average Bonchev–Trinajstić information content (AvgIpc) is 2.30. The molecule has 2 aromatic rings. The van der Waals surface area contributed by atoms with Crippen LogP contribution in [0.2, 0.25) is 0 Å². The minimum atomic E-state index is 0.332. The largest absolute Gasteiger partial charge is 0.357 e. The summed E-state index contributed by atoms with van der Waals surface area (Å²) in [5.41, 5.74) is 0.962. The number of fused-ring (bicyclic) bond motifs is 1. The Bertz CT molecular complexity index is 500. The van der Waals surface area contributed by atoms with Crippen molar-refractivity contribution in [3.63, 3.8) is 0 Å². The maximum Gasteiger partial charge on any atom is 0.192 e. The van der Waals surface area contributed by atoms with Gasteiger partial charge in [-0.25, -0.2) is 0 Å². The van der Waals surface area contributed by atoms with Crippen LogP contribution in [-0.2, 0) is 0 Å². The lowest BCUT2D eigenvalue weighted by molar-refractivity contribution is 0.954. The minimum absolute atomic E-state index is 0.332. The van der Waals surface area contributed by atoms with Gasteiger partial charge in [-0.15, -0.1) is 0 Å². The van der Waals surface area contributed by atoms with E-state index in [4.69, 9.17) is 5.41 Å². The number of hydrogen-bond acceptors (Lipinski definition) is 1. The molecule has 2 rings (SSSR count). The van der Waals surface area contributed by atoms with Crippen molar-refractivity contribution in [3.8, 4) is 0 Å². The molecule has 0 unspecified atom stereocenters. The molecule has 0 saturated carbocycles. The molecule has 3 nitrogen and oxygen atoms in total. The average molecular weight is 213 g/mol. The summed E-state index contributed by atoms with van der Waals surface area (Å²) in [4.78, 5) is 0. The third-order valence-electron chi connectivity index (χ3n) is 2.40. The van der Waals surface area contributed by atoms with Crippen molar-refractivity contribution in [2.75, 3.05) is 11.9 Å². The summed E-state index contributed by atoms with van der Waals surface area (Å²) in [5, 5.41) is 16.0. The highest BCUT2D eigenvalue weighted by molar-refractivity contribution is 6.02. The first kappa shape index (κ1) is 10.5. The van der Waals surface area contributed by atoms with E-state index < -0.39 is 0 Å². The van der Waals surface area contributed by atoms with E-state index in [0.717, 1.165) is 17.6 Å². The zero-order chi connectivity index (χ0) is 11.4. The van der Waals surface area contributed by atoms with Gasteiger partial charge < -0.3 is 10.6 Å². The fourth-order valence-corrected chi connectivity index (χ4v) is 1.69. The Morgan fingerprint density at radius 1 is 1.12 bits per heavy atom. The first-order chi connectivity index (χ1) is 7.81. The number of rotatable bonds is 2. The predicted molar refractivity (Wildman–Crippen MR) is 69.0 cm³/mol. The molecule has 0 atom stereocenters. The van der Waals surface area contributed by atoms with E-state index in [1.54, 1.807) is 0 Å². The lowest BCUT2D eigenvalue weighted by Crippen LogP contribution is -2.29. The molecule has 0 radical (unpaired) electrons. The second-order valence-corrected chi connectivity index (χ2v) is 3.56. The maximum atomic E-state index is 7.68. The lowest BCUT2D eigenvalue weighted by atomic mass is 10.1. The molecule has 82 valence electrons. The number of anilines is 1. The summed E-state index contributed by atoms with van der Waals surface area (Å²) in [6.07, 6.45) is 0. The highest BCUT2D eigenvalue weighted by atomic mass is 15.1. The number of hydrogen-bond donors (Lipinski definition) is 3. The second-order valence-electron chi connectivity index (χ2n) is 3.56. The highest BCUT2D eigenvalue weighted by Gasteiger charge is 2.00. The van der Waals surface area contributed by atoms with Crippen LogP contribution in [0, 0.1) is 5.41 Å². The molecule has 0 saturated heterocycles. The van der Waals surface area contributed by atoms with E-state index in [2.05, 4.69) is 28.8 Å². The van der Waals surface area contributed by atoms with E-state index in [-0.39, 0.29) is 0 Å². The van der Waals surface area contributed by atoms with Gasteiger partial charge >= 0.3 is 0 Å². The Kier molecular flexibility index (Phi) is 3.05. The van der Waals surface area contributed by atoms with E-state index in [1.165, 1.54) is 5.39 Å². The first-order valence-corrected chi connectivity index (χ1v) is 5.38. The zero-order valence-corrected chi connectivity index (χ0v) is 9.25. The third-order valence-corrected chi connectivity index (χ3v) is 2.40. The Labute approximate surface area is 95.0 Å². The van der Waals surface area contributed by atoms with Crippen molar-refractivity contribution < 1.29 is 0 Å². The van der Waals surface area contributed by atoms with Crippen LogP contribution >= 0.6 is 0 Å². The van der Waals surface area contributed by atoms with Gasteiger partial charge in [-0.3, -0.25) is 5.41 Å². The summed E-state index contributed by atoms with van der Waals surface area (Å²) in [5.74, 6) is 0.332. The molecular weight excluding hydrogens is 198 g/mol. The predicted octanol–water partition coefficient (Wildman–Crippen LogP) is 2.80. The fraction of sp³-hybridized carbons (Fsp3) is 0.154. The van der Waals surface area contributed by atoms with Gasteiger partial charge in [-0.1, -0.05) is 36.4 Å². The molecule has 0 fully saturated rings. The van der Waals surface area contributed by atoms with Gasteiger partial charge in [0.2, 0.25) is 0 Å². The smallest absolute Gasteiger partial charge is 0.192 e. The van der Waals surface area contributed by atoms with E-state index >= 15 is 0 Å². The van der Waals surface area contributed by atoms with Crippen molar-refractivity contribution in [3.05, 3.63) is 42.5 Å². The van der Waals surface area contributed by atoms with E-state index in [0.29, 0.717) is 5.96 Å². The van der Waals surface area contributed by atoms with Gasteiger partial charge in [-0.05, 0) is 18.4 Å². The van der Waals surface area contributed by atoms with Gasteiger partial charge in [0.1, 0.15) is 0 Å². The zero-order valence-electron chi connectivity index (χ0n) is 9.25. The van der Waals surface area contributed by atoms with Crippen molar-refractivity contribution in [2.45, 2.75) is 6.92 Å². The quantitative estimate of drug-likeness (QED) is 0.530. The maximum absolute atomic E-state index is 7.68. The van der Waals surface area contributed by atoms with Crippen LogP contribution in [0.15, 0.2) is 42.5 Å². The van der Waals surface area contributed by atoms with Crippen LogP contribution in [0.1, 0.15) is 6.92 Å². The van der Waals surface area contributed by atoms with Gasteiger partial charge in [0.15, 0.2) is 5.96 Å². The number of benzene rings is 2.